The molecular weight excluding hydrogens is 469 g/mol. The summed E-state index contributed by atoms with van der Waals surface area (Å²) in [5.74, 6) is -1.74. The van der Waals surface area contributed by atoms with Crippen molar-refractivity contribution in [2.45, 2.75) is 31.5 Å². The van der Waals surface area contributed by atoms with Crippen LogP contribution < -0.4 is 10.6 Å². The molecule has 1 aliphatic rings. The topological polar surface area (TPSA) is 86.9 Å². The molecule has 2 atom stereocenters. The molecule has 2 heterocycles. The summed E-state index contributed by atoms with van der Waals surface area (Å²) in [4.78, 5) is 31.4. The fourth-order valence-electron chi connectivity index (χ4n) is 4.53. The number of rotatable bonds is 6. The number of para-hydroxylation sites is 1. The van der Waals surface area contributed by atoms with E-state index in [4.69, 9.17) is 0 Å². The summed E-state index contributed by atoms with van der Waals surface area (Å²) in [5.41, 5.74) is 3.65. The maximum absolute atomic E-state index is 13.1. The zero-order chi connectivity index (χ0) is 25.3. The first kappa shape index (κ1) is 23.6. The van der Waals surface area contributed by atoms with Crippen LogP contribution in [0.4, 0.5) is 18.9 Å². The van der Waals surface area contributed by atoms with Gasteiger partial charge in [0, 0.05) is 18.0 Å². The highest BCUT2D eigenvalue weighted by Crippen LogP contribution is 2.31. The van der Waals surface area contributed by atoms with Crippen molar-refractivity contribution in [2.24, 2.45) is 5.92 Å². The lowest BCUT2D eigenvalue weighted by Crippen LogP contribution is -2.33. The maximum Gasteiger partial charge on any atom is 0.449 e. The average Bonchev–Trinajstić information content (AvgIpc) is 3.31. The molecule has 36 heavy (non-hydrogen) atoms. The number of halogens is 3. The summed E-state index contributed by atoms with van der Waals surface area (Å²) in [6, 6.07) is 20.9. The van der Waals surface area contributed by atoms with Crippen molar-refractivity contribution < 1.29 is 22.8 Å². The van der Waals surface area contributed by atoms with E-state index in [1.54, 1.807) is 12.1 Å². The van der Waals surface area contributed by atoms with Crippen LogP contribution >= 0.6 is 0 Å². The predicted octanol–water partition coefficient (Wildman–Crippen LogP) is 5.38. The van der Waals surface area contributed by atoms with Crippen molar-refractivity contribution in [1.82, 2.24) is 15.3 Å². The number of nitrogens with one attached hydrogen (secondary N) is 3. The molecule has 0 bridgehead atoms. The molecule has 0 unspecified atom stereocenters. The first-order valence-electron chi connectivity index (χ1n) is 11.6. The predicted molar refractivity (Wildman–Crippen MR) is 129 cm³/mol. The summed E-state index contributed by atoms with van der Waals surface area (Å²) in [6.45, 7) is 0. The lowest BCUT2D eigenvalue weighted by Gasteiger charge is -2.25. The molecular formula is C27H23F3N4O2. The molecule has 0 saturated carbocycles. The molecule has 0 spiro atoms. The van der Waals surface area contributed by atoms with Crippen molar-refractivity contribution in [2.75, 3.05) is 5.32 Å². The number of carbonyl (C=O) groups is 2. The second-order valence-electron chi connectivity index (χ2n) is 8.86. The van der Waals surface area contributed by atoms with Gasteiger partial charge >= 0.3 is 6.18 Å². The van der Waals surface area contributed by atoms with E-state index in [0.717, 1.165) is 16.8 Å². The summed E-state index contributed by atoms with van der Waals surface area (Å²) >= 11 is 0. The van der Waals surface area contributed by atoms with Crippen LogP contribution in [-0.2, 0) is 22.2 Å². The molecule has 0 saturated heterocycles. The molecule has 2 amide bonds. The van der Waals surface area contributed by atoms with Gasteiger partial charge in [-0.3, -0.25) is 9.59 Å². The molecule has 5 rings (SSSR count). The number of aromatic amines is 1. The largest absolute Gasteiger partial charge is 0.449 e. The highest BCUT2D eigenvalue weighted by atomic mass is 19.4. The SMILES string of the molecule is O=C(CC[C@H]1Cc2ccccc2NC1=O)N[C@@H](c1ccccc1)c1ccc2nc(C(F)(F)F)[nH]c2c1. The number of benzene rings is 3. The molecule has 3 aromatic carbocycles. The first-order chi connectivity index (χ1) is 17.3. The van der Waals surface area contributed by atoms with Crippen LogP contribution in [0.2, 0.25) is 0 Å². The van der Waals surface area contributed by atoms with Crippen LogP contribution in [0.1, 0.15) is 41.4 Å². The molecule has 6 nitrogen and oxygen atoms in total. The van der Waals surface area contributed by atoms with E-state index in [-0.39, 0.29) is 35.2 Å². The number of carbonyl (C=O) groups excluding carboxylic acids is 2. The van der Waals surface area contributed by atoms with Crippen LogP contribution in [0.5, 0.6) is 0 Å². The molecule has 9 heteroatoms. The summed E-state index contributed by atoms with van der Waals surface area (Å²) in [6.07, 6.45) is -3.51. The normalized spacial score (nSPS) is 16.3. The minimum absolute atomic E-state index is 0.105. The van der Waals surface area contributed by atoms with Crippen LogP contribution in [0.3, 0.4) is 0 Å². The molecule has 0 fully saturated rings. The molecule has 3 N–H and O–H groups in total. The lowest BCUT2D eigenvalue weighted by molar-refractivity contribution is -0.144. The molecule has 1 aromatic heterocycles. The van der Waals surface area contributed by atoms with E-state index < -0.39 is 18.0 Å². The Balaban J connectivity index is 1.34. The Labute approximate surface area is 204 Å². The second-order valence-corrected chi connectivity index (χ2v) is 8.86. The maximum atomic E-state index is 13.1. The number of H-pyrrole nitrogens is 1. The smallest absolute Gasteiger partial charge is 0.345 e. The van der Waals surface area contributed by atoms with Gasteiger partial charge in [0.2, 0.25) is 17.6 Å². The minimum Gasteiger partial charge on any atom is -0.345 e. The Morgan fingerprint density at radius 3 is 2.56 bits per heavy atom. The van der Waals surface area contributed by atoms with E-state index in [0.29, 0.717) is 18.4 Å². The van der Waals surface area contributed by atoms with Crippen molar-refractivity contribution in [3.8, 4) is 0 Å². The van der Waals surface area contributed by atoms with Crippen LogP contribution in [0, 0.1) is 5.92 Å². The third-order valence-electron chi connectivity index (χ3n) is 6.38. The van der Waals surface area contributed by atoms with Gasteiger partial charge in [0.15, 0.2) is 0 Å². The van der Waals surface area contributed by atoms with Crippen molar-refractivity contribution >= 4 is 28.5 Å². The number of alkyl halides is 3. The number of anilines is 1. The number of fused-ring (bicyclic) bond motifs is 2. The standard InChI is InChI=1S/C27H23F3N4O2/c28-27(29,30)26-32-21-12-10-18(15-22(21)33-26)24(16-6-2-1-3-7-16)34-23(35)13-11-19-14-17-8-4-5-9-20(17)31-25(19)36/h1-10,12,15,19,24H,11,13-14H2,(H,31,36)(H,32,33)(H,34,35)/t19-,24-/m0/s1. The van der Waals surface area contributed by atoms with Gasteiger partial charge in [-0.25, -0.2) is 4.98 Å². The molecule has 0 radical (unpaired) electrons. The van der Waals surface area contributed by atoms with Crippen LogP contribution in [0.25, 0.3) is 11.0 Å². The van der Waals surface area contributed by atoms with Gasteiger partial charge in [-0.2, -0.15) is 13.2 Å². The van der Waals surface area contributed by atoms with Gasteiger partial charge in [-0.05, 0) is 47.7 Å². The van der Waals surface area contributed by atoms with Crippen molar-refractivity contribution in [3.63, 3.8) is 0 Å². The number of aromatic nitrogens is 2. The van der Waals surface area contributed by atoms with Crippen molar-refractivity contribution in [3.05, 3.63) is 95.3 Å². The summed E-state index contributed by atoms with van der Waals surface area (Å²) in [7, 11) is 0. The summed E-state index contributed by atoms with van der Waals surface area (Å²) < 4.78 is 39.3. The molecule has 184 valence electrons. The van der Waals surface area contributed by atoms with Crippen molar-refractivity contribution in [1.29, 1.82) is 0 Å². The minimum atomic E-state index is -4.59. The Bertz CT molecular complexity index is 1420. The third kappa shape index (κ3) is 4.95. The number of hydrogen-bond donors (Lipinski definition) is 3. The zero-order valence-corrected chi connectivity index (χ0v) is 19.1. The lowest BCUT2D eigenvalue weighted by atomic mass is 9.89. The number of nitrogens with zero attached hydrogens (tertiary/aromatic N) is 1. The number of imidazole rings is 1. The van der Waals surface area contributed by atoms with E-state index in [2.05, 4.69) is 20.6 Å². The quantitative estimate of drug-likeness (QED) is 0.338. The van der Waals surface area contributed by atoms with E-state index in [1.807, 2.05) is 54.6 Å². The third-order valence-corrected chi connectivity index (χ3v) is 6.38. The van der Waals surface area contributed by atoms with E-state index in [9.17, 15) is 22.8 Å². The van der Waals surface area contributed by atoms with Gasteiger partial charge < -0.3 is 15.6 Å². The highest BCUT2D eigenvalue weighted by molar-refractivity contribution is 5.96. The van der Waals surface area contributed by atoms with Gasteiger partial charge in [0.25, 0.3) is 0 Å². The highest BCUT2D eigenvalue weighted by Gasteiger charge is 2.35. The fourth-order valence-corrected chi connectivity index (χ4v) is 4.53. The molecule has 0 aliphatic carbocycles. The summed E-state index contributed by atoms with van der Waals surface area (Å²) in [5, 5.41) is 5.89. The van der Waals surface area contributed by atoms with Crippen LogP contribution in [0.15, 0.2) is 72.8 Å². The zero-order valence-electron chi connectivity index (χ0n) is 19.1. The van der Waals surface area contributed by atoms with Gasteiger partial charge in [-0.15, -0.1) is 0 Å². The molecule has 1 aliphatic heterocycles. The molecule has 4 aromatic rings. The van der Waals surface area contributed by atoms with E-state index in [1.165, 1.54) is 6.07 Å². The number of hydrogen-bond acceptors (Lipinski definition) is 3. The van der Waals surface area contributed by atoms with Crippen LogP contribution in [-0.4, -0.2) is 21.8 Å². The Morgan fingerprint density at radius 2 is 1.78 bits per heavy atom. The van der Waals surface area contributed by atoms with Gasteiger partial charge in [0.1, 0.15) is 0 Å². The monoisotopic (exact) mass is 492 g/mol. The van der Waals surface area contributed by atoms with E-state index >= 15 is 0 Å². The Kier molecular flexibility index (Phi) is 6.22. The second kappa shape index (κ2) is 9.49. The fraction of sp³-hybridized carbons (Fsp3) is 0.222. The Morgan fingerprint density at radius 1 is 1.03 bits per heavy atom. The Hall–Kier alpha value is -4.14. The van der Waals surface area contributed by atoms with Gasteiger partial charge in [-0.1, -0.05) is 54.6 Å². The number of amides is 2. The first-order valence-corrected chi connectivity index (χ1v) is 11.6. The van der Waals surface area contributed by atoms with Gasteiger partial charge in [0.05, 0.1) is 17.1 Å². The average molecular weight is 493 g/mol.